The number of aromatic nitrogens is 1. The summed E-state index contributed by atoms with van der Waals surface area (Å²) in [6, 6.07) is -2.28. The molecule has 2 atom stereocenters. The summed E-state index contributed by atoms with van der Waals surface area (Å²) in [7, 11) is 0. The fourth-order valence-electron chi connectivity index (χ4n) is 2.42. The third-order valence-corrected chi connectivity index (χ3v) is 3.35. The van der Waals surface area contributed by atoms with Crippen molar-refractivity contribution in [1.29, 1.82) is 0 Å². The predicted molar refractivity (Wildman–Crippen MR) is 71.3 cm³/mol. The van der Waals surface area contributed by atoms with Gasteiger partial charge in [0.05, 0.1) is 5.69 Å². The Bertz CT molecular complexity index is 518. The molecular weight excluding hydrogens is 311 g/mol. The smallest absolute Gasteiger partial charge is 0.408 e. The molecule has 1 aliphatic rings. The number of piperidine rings is 1. The Balaban J connectivity index is 0.00000220. The Kier molecular flexibility index (Phi) is 5.27. The number of oxazole rings is 1. The van der Waals surface area contributed by atoms with Gasteiger partial charge in [-0.3, -0.25) is 4.79 Å². The minimum atomic E-state index is -4.47. The molecule has 0 aromatic carbocycles. The molecule has 120 valence electrons. The monoisotopic (exact) mass is 327 g/mol. The minimum absolute atomic E-state index is 0. The first-order chi connectivity index (χ1) is 9.20. The second-order valence-corrected chi connectivity index (χ2v) is 5.00. The van der Waals surface area contributed by atoms with Gasteiger partial charge in [0, 0.05) is 19.5 Å². The van der Waals surface area contributed by atoms with Crippen molar-refractivity contribution in [2.24, 2.45) is 5.73 Å². The molecular formula is C12H17ClF3N3O2. The molecule has 1 aliphatic heterocycles. The van der Waals surface area contributed by atoms with E-state index in [1.807, 2.05) is 0 Å². The van der Waals surface area contributed by atoms with Gasteiger partial charge in [0.25, 0.3) is 5.91 Å². The van der Waals surface area contributed by atoms with Crippen LogP contribution in [0.1, 0.15) is 35.0 Å². The second-order valence-electron chi connectivity index (χ2n) is 5.00. The van der Waals surface area contributed by atoms with Gasteiger partial charge in [-0.2, -0.15) is 13.2 Å². The van der Waals surface area contributed by atoms with Gasteiger partial charge in [0.2, 0.25) is 5.76 Å². The summed E-state index contributed by atoms with van der Waals surface area (Å²) in [4.78, 5) is 16.9. The van der Waals surface area contributed by atoms with Crippen LogP contribution in [-0.4, -0.2) is 40.6 Å². The number of amides is 1. The Morgan fingerprint density at radius 3 is 2.48 bits per heavy atom. The quantitative estimate of drug-likeness (QED) is 0.858. The van der Waals surface area contributed by atoms with Crippen LogP contribution in [0.5, 0.6) is 0 Å². The molecule has 1 fully saturated rings. The van der Waals surface area contributed by atoms with Crippen molar-refractivity contribution < 1.29 is 22.4 Å². The van der Waals surface area contributed by atoms with Crippen LogP contribution in [0.3, 0.4) is 0 Å². The summed E-state index contributed by atoms with van der Waals surface area (Å²) >= 11 is 0. The first-order valence-corrected chi connectivity index (χ1v) is 6.27. The summed E-state index contributed by atoms with van der Waals surface area (Å²) in [5.74, 6) is -0.706. The number of nitrogens with two attached hydrogens (primary N) is 1. The maximum absolute atomic E-state index is 13.0. The van der Waals surface area contributed by atoms with Gasteiger partial charge in [0.15, 0.2) is 5.89 Å². The molecule has 1 saturated heterocycles. The highest BCUT2D eigenvalue weighted by Crippen LogP contribution is 2.32. The van der Waals surface area contributed by atoms with E-state index < -0.39 is 24.2 Å². The number of hydrogen-bond donors (Lipinski definition) is 1. The van der Waals surface area contributed by atoms with Crippen molar-refractivity contribution in [2.45, 2.75) is 44.9 Å². The highest BCUT2D eigenvalue weighted by Gasteiger charge is 2.48. The number of hydrogen-bond acceptors (Lipinski definition) is 4. The standard InChI is InChI=1S/C12H16F3N3O2.ClH/c1-6-10(20-7(2)17-6)11(19)18-5-8(16)3-4-9(18)12(13,14)15;/h8-9H,3-5,16H2,1-2H3;1H. The molecule has 0 radical (unpaired) electrons. The topological polar surface area (TPSA) is 72.4 Å². The molecule has 1 aromatic rings. The molecule has 21 heavy (non-hydrogen) atoms. The zero-order valence-electron chi connectivity index (χ0n) is 11.6. The van der Waals surface area contributed by atoms with Crippen LogP contribution in [0.15, 0.2) is 4.42 Å². The molecule has 0 saturated carbocycles. The van der Waals surface area contributed by atoms with E-state index >= 15 is 0 Å². The minimum Gasteiger partial charge on any atom is -0.436 e. The van der Waals surface area contributed by atoms with E-state index in [1.54, 1.807) is 0 Å². The molecule has 2 rings (SSSR count). The van der Waals surface area contributed by atoms with Crippen molar-refractivity contribution >= 4 is 18.3 Å². The molecule has 2 heterocycles. The lowest BCUT2D eigenvalue weighted by atomic mass is 9.98. The first kappa shape index (κ1) is 17.8. The average Bonchev–Trinajstić information content (AvgIpc) is 2.65. The number of halogens is 4. The van der Waals surface area contributed by atoms with Crippen LogP contribution in [0.2, 0.25) is 0 Å². The summed E-state index contributed by atoms with van der Waals surface area (Å²) < 4.78 is 44.2. The van der Waals surface area contributed by atoms with E-state index in [-0.39, 0.29) is 49.1 Å². The van der Waals surface area contributed by atoms with Gasteiger partial charge in [0.1, 0.15) is 6.04 Å². The van der Waals surface area contributed by atoms with Crippen molar-refractivity contribution in [1.82, 2.24) is 9.88 Å². The maximum atomic E-state index is 13.0. The van der Waals surface area contributed by atoms with Crippen molar-refractivity contribution in [3.8, 4) is 0 Å². The summed E-state index contributed by atoms with van der Waals surface area (Å²) in [5, 5.41) is 0. The SMILES string of the molecule is Cc1nc(C)c(C(=O)N2CC(N)CCC2C(F)(F)F)o1.Cl. The van der Waals surface area contributed by atoms with Crippen LogP contribution in [0.4, 0.5) is 13.2 Å². The van der Waals surface area contributed by atoms with E-state index in [0.29, 0.717) is 0 Å². The summed E-state index contributed by atoms with van der Waals surface area (Å²) in [6.07, 6.45) is -4.43. The third kappa shape index (κ3) is 3.68. The van der Waals surface area contributed by atoms with Crippen molar-refractivity contribution in [2.75, 3.05) is 6.54 Å². The molecule has 1 amide bonds. The normalized spacial score (nSPS) is 22.9. The lowest BCUT2D eigenvalue weighted by Gasteiger charge is -2.38. The molecule has 0 aliphatic carbocycles. The van der Waals surface area contributed by atoms with Crippen molar-refractivity contribution in [3.05, 3.63) is 17.3 Å². The predicted octanol–water partition coefficient (Wildman–Crippen LogP) is 2.21. The van der Waals surface area contributed by atoms with E-state index in [4.69, 9.17) is 10.2 Å². The highest BCUT2D eigenvalue weighted by atomic mass is 35.5. The third-order valence-electron chi connectivity index (χ3n) is 3.35. The highest BCUT2D eigenvalue weighted by molar-refractivity contribution is 5.92. The molecule has 0 spiro atoms. The first-order valence-electron chi connectivity index (χ1n) is 6.27. The Morgan fingerprint density at radius 1 is 1.38 bits per heavy atom. The van der Waals surface area contributed by atoms with Crippen LogP contribution >= 0.6 is 12.4 Å². The van der Waals surface area contributed by atoms with Gasteiger partial charge in [-0.25, -0.2) is 4.98 Å². The Morgan fingerprint density at radius 2 is 2.00 bits per heavy atom. The van der Waals surface area contributed by atoms with E-state index in [2.05, 4.69) is 4.98 Å². The Labute approximate surface area is 126 Å². The largest absolute Gasteiger partial charge is 0.436 e. The van der Waals surface area contributed by atoms with Crippen LogP contribution < -0.4 is 5.73 Å². The molecule has 2 unspecified atom stereocenters. The molecule has 0 bridgehead atoms. The van der Waals surface area contributed by atoms with Gasteiger partial charge in [-0.15, -0.1) is 12.4 Å². The van der Waals surface area contributed by atoms with E-state index in [1.165, 1.54) is 13.8 Å². The number of carbonyl (C=O) groups excluding carboxylic acids is 1. The number of rotatable bonds is 1. The van der Waals surface area contributed by atoms with Crippen LogP contribution in [0.25, 0.3) is 0 Å². The summed E-state index contributed by atoms with van der Waals surface area (Å²) in [6.45, 7) is 2.92. The van der Waals surface area contributed by atoms with E-state index in [0.717, 1.165) is 4.90 Å². The molecule has 9 heteroatoms. The van der Waals surface area contributed by atoms with E-state index in [9.17, 15) is 18.0 Å². The average molecular weight is 328 g/mol. The fourth-order valence-corrected chi connectivity index (χ4v) is 2.42. The van der Waals surface area contributed by atoms with Crippen molar-refractivity contribution in [3.63, 3.8) is 0 Å². The number of alkyl halides is 3. The van der Waals surface area contributed by atoms with Gasteiger partial charge < -0.3 is 15.1 Å². The zero-order valence-corrected chi connectivity index (χ0v) is 12.4. The number of carbonyl (C=O) groups is 1. The molecule has 5 nitrogen and oxygen atoms in total. The fraction of sp³-hybridized carbons (Fsp3) is 0.667. The lowest BCUT2D eigenvalue weighted by Crippen LogP contribution is -2.56. The zero-order chi connectivity index (χ0) is 15.1. The number of aryl methyl sites for hydroxylation is 2. The van der Waals surface area contributed by atoms with Gasteiger partial charge in [-0.1, -0.05) is 0 Å². The van der Waals surface area contributed by atoms with Gasteiger partial charge >= 0.3 is 6.18 Å². The molecule has 2 N–H and O–H groups in total. The molecule has 1 aromatic heterocycles. The van der Waals surface area contributed by atoms with Crippen LogP contribution in [-0.2, 0) is 0 Å². The lowest BCUT2D eigenvalue weighted by molar-refractivity contribution is -0.184. The Hall–Kier alpha value is -1.28. The van der Waals surface area contributed by atoms with Crippen LogP contribution in [0, 0.1) is 13.8 Å². The number of nitrogens with zero attached hydrogens (tertiary/aromatic N) is 2. The summed E-state index contributed by atoms with van der Waals surface area (Å²) in [5.41, 5.74) is 5.97. The number of likely N-dealkylation sites (tertiary alicyclic amines) is 1. The maximum Gasteiger partial charge on any atom is 0.408 e. The second kappa shape index (κ2) is 6.23. The van der Waals surface area contributed by atoms with Gasteiger partial charge in [-0.05, 0) is 19.8 Å².